The Morgan fingerprint density at radius 2 is 1.46 bits per heavy atom. The molecule has 196 valence electrons. The summed E-state index contributed by atoms with van der Waals surface area (Å²) in [4.78, 5) is 18.3. The van der Waals surface area contributed by atoms with Crippen molar-refractivity contribution in [2.75, 3.05) is 25.9 Å². The zero-order valence-corrected chi connectivity index (χ0v) is 21.7. The molecule has 1 atom stereocenters. The molecule has 0 unspecified atom stereocenters. The van der Waals surface area contributed by atoms with Crippen molar-refractivity contribution in [1.82, 2.24) is 14.1 Å². The Morgan fingerprint density at radius 1 is 0.865 bits per heavy atom. The summed E-state index contributed by atoms with van der Waals surface area (Å²) in [6.07, 6.45) is 1.02. The molecule has 1 saturated heterocycles. The van der Waals surface area contributed by atoms with Gasteiger partial charge in [0.15, 0.2) is 0 Å². The molecule has 1 fully saturated rings. The summed E-state index contributed by atoms with van der Waals surface area (Å²) in [6, 6.07) is 22.6. The second-order valence-electron chi connectivity index (χ2n) is 8.38. The number of nitrogens with zero attached hydrogens (tertiary/aromatic N) is 2. The lowest BCUT2D eigenvalue weighted by Crippen LogP contribution is -2.61. The predicted octanol–water partition coefficient (Wildman–Crippen LogP) is 2.36. The topological polar surface area (TPSA) is 122 Å². The van der Waals surface area contributed by atoms with Crippen molar-refractivity contribution in [3.8, 4) is 11.5 Å². The quantitative estimate of drug-likeness (QED) is 0.410. The summed E-state index contributed by atoms with van der Waals surface area (Å²) in [5.74, 6) is 0.273. The minimum Gasteiger partial charge on any atom is -0.457 e. The number of hydrogen-bond donors (Lipinski definition) is 1. The van der Waals surface area contributed by atoms with Crippen LogP contribution in [0.3, 0.4) is 0 Å². The molecule has 3 aromatic rings. The lowest BCUT2D eigenvalue weighted by molar-refractivity contribution is -0.139. The van der Waals surface area contributed by atoms with Gasteiger partial charge in [0.05, 0.1) is 17.8 Å². The molecule has 12 heteroatoms. The Hall–Kier alpha value is -3.29. The summed E-state index contributed by atoms with van der Waals surface area (Å²) in [5, 5.41) is 0. The first-order chi connectivity index (χ1) is 17.6. The van der Waals surface area contributed by atoms with Crippen molar-refractivity contribution in [2.24, 2.45) is 0 Å². The summed E-state index contributed by atoms with van der Waals surface area (Å²) in [6.45, 7) is -0.561. The van der Waals surface area contributed by atoms with Gasteiger partial charge in [-0.2, -0.15) is 8.61 Å². The van der Waals surface area contributed by atoms with E-state index in [0.717, 1.165) is 20.4 Å². The maximum Gasteiger partial charge on any atom is 0.263 e. The van der Waals surface area contributed by atoms with Gasteiger partial charge in [0.2, 0.25) is 20.0 Å². The van der Waals surface area contributed by atoms with Crippen molar-refractivity contribution >= 4 is 26.0 Å². The average Bonchev–Trinajstić information content (AvgIpc) is 2.89. The number of sulfonamides is 2. The molecule has 4 rings (SSSR count). The molecule has 10 nitrogen and oxygen atoms in total. The van der Waals surface area contributed by atoms with E-state index in [0.29, 0.717) is 11.5 Å². The third-order valence-electron chi connectivity index (χ3n) is 5.73. The van der Waals surface area contributed by atoms with Crippen molar-refractivity contribution in [3.05, 3.63) is 90.5 Å². The number of amides is 1. The Morgan fingerprint density at radius 3 is 2.08 bits per heavy atom. The molecule has 1 aliphatic rings. The fourth-order valence-corrected chi connectivity index (χ4v) is 6.21. The van der Waals surface area contributed by atoms with Gasteiger partial charge in [0.25, 0.3) is 5.91 Å². The Kier molecular flexibility index (Phi) is 8.25. The van der Waals surface area contributed by atoms with Crippen LogP contribution < -0.4 is 10.2 Å². The second-order valence-corrected chi connectivity index (χ2v) is 12.3. The number of para-hydroxylation sites is 1. The van der Waals surface area contributed by atoms with Gasteiger partial charge in [-0.15, -0.1) is 0 Å². The van der Waals surface area contributed by atoms with E-state index in [2.05, 4.69) is 5.48 Å². The van der Waals surface area contributed by atoms with Gasteiger partial charge in [-0.1, -0.05) is 48.5 Å². The lowest BCUT2D eigenvalue weighted by atomic mass is 10.2. The minimum absolute atomic E-state index is 0.0521. The first-order valence-corrected chi connectivity index (χ1v) is 14.7. The number of ether oxygens (including phenoxy) is 1. The first-order valence-electron chi connectivity index (χ1n) is 11.4. The number of piperazine rings is 1. The van der Waals surface area contributed by atoms with Crippen LogP contribution in [0.15, 0.2) is 89.8 Å². The highest BCUT2D eigenvalue weighted by atomic mass is 32.2. The van der Waals surface area contributed by atoms with Crippen LogP contribution in [0.2, 0.25) is 0 Å². The van der Waals surface area contributed by atoms with Gasteiger partial charge in [-0.05, 0) is 42.0 Å². The van der Waals surface area contributed by atoms with E-state index in [4.69, 9.17) is 9.57 Å². The fraction of sp³-hybridized carbons (Fsp3) is 0.240. The van der Waals surface area contributed by atoms with Gasteiger partial charge >= 0.3 is 0 Å². The summed E-state index contributed by atoms with van der Waals surface area (Å²) in [5.41, 5.74) is 3.07. The largest absolute Gasteiger partial charge is 0.457 e. The highest BCUT2D eigenvalue weighted by Crippen LogP contribution is 2.26. The smallest absolute Gasteiger partial charge is 0.263 e. The highest BCUT2D eigenvalue weighted by Gasteiger charge is 2.42. The molecule has 3 aromatic carbocycles. The lowest BCUT2D eigenvalue weighted by Gasteiger charge is -2.38. The molecule has 1 heterocycles. The molecule has 37 heavy (non-hydrogen) atoms. The van der Waals surface area contributed by atoms with E-state index >= 15 is 0 Å². The molecule has 0 bridgehead atoms. The van der Waals surface area contributed by atoms with E-state index in [-0.39, 0.29) is 31.1 Å². The normalized spacial score (nSPS) is 17.3. The van der Waals surface area contributed by atoms with E-state index < -0.39 is 32.0 Å². The number of benzene rings is 3. The number of carbonyl (C=O) groups excluding carboxylic acids is 1. The maximum atomic E-state index is 13.5. The second kappa shape index (κ2) is 11.4. The standard InChI is InChI=1S/C25H27N3O7S2/c1-36(30,31)27-16-17-28(24(18-27)25(29)26-34-19-20-8-4-2-5-9-20)37(32,33)23-14-12-22(13-15-23)35-21-10-6-3-7-11-21/h2-15,24H,16-19H2,1H3,(H,26,29)/t24-/m1/s1. The monoisotopic (exact) mass is 545 g/mol. The van der Waals surface area contributed by atoms with E-state index in [1.54, 1.807) is 24.3 Å². The molecule has 0 radical (unpaired) electrons. The van der Waals surface area contributed by atoms with Crippen LogP contribution in [0.25, 0.3) is 0 Å². The van der Waals surface area contributed by atoms with Crippen LogP contribution in [-0.4, -0.2) is 63.3 Å². The average molecular weight is 546 g/mol. The maximum absolute atomic E-state index is 13.5. The Labute approximate surface area is 216 Å². The van der Waals surface area contributed by atoms with Crippen LogP contribution in [0, 0.1) is 0 Å². The molecule has 0 saturated carbocycles. The number of hydroxylamine groups is 1. The van der Waals surface area contributed by atoms with Gasteiger partial charge < -0.3 is 4.74 Å². The first kappa shape index (κ1) is 26.8. The van der Waals surface area contributed by atoms with E-state index in [1.807, 2.05) is 36.4 Å². The third-order valence-corrected chi connectivity index (χ3v) is 8.92. The fourth-order valence-electron chi connectivity index (χ4n) is 3.82. The van der Waals surface area contributed by atoms with Gasteiger partial charge in [-0.3, -0.25) is 9.63 Å². The summed E-state index contributed by atoms with van der Waals surface area (Å²) in [7, 11) is -7.80. The molecule has 1 aliphatic heterocycles. The molecule has 0 aromatic heterocycles. The number of rotatable bonds is 9. The van der Waals surface area contributed by atoms with Crippen LogP contribution in [0.1, 0.15) is 5.56 Å². The van der Waals surface area contributed by atoms with Gasteiger partial charge in [-0.25, -0.2) is 22.3 Å². The zero-order valence-electron chi connectivity index (χ0n) is 20.1. The number of hydrogen-bond acceptors (Lipinski definition) is 7. The van der Waals surface area contributed by atoms with Crippen LogP contribution in [-0.2, 0) is 36.3 Å². The molecule has 0 aliphatic carbocycles. The molecule has 1 N–H and O–H groups in total. The molecule has 0 spiro atoms. The van der Waals surface area contributed by atoms with E-state index in [1.165, 1.54) is 24.3 Å². The highest BCUT2D eigenvalue weighted by molar-refractivity contribution is 7.89. The predicted molar refractivity (Wildman–Crippen MR) is 136 cm³/mol. The van der Waals surface area contributed by atoms with Gasteiger partial charge in [0, 0.05) is 19.6 Å². The molecular formula is C25H27N3O7S2. The molecular weight excluding hydrogens is 518 g/mol. The van der Waals surface area contributed by atoms with Gasteiger partial charge in [0.1, 0.15) is 17.5 Å². The van der Waals surface area contributed by atoms with Crippen molar-refractivity contribution < 1.29 is 31.2 Å². The van der Waals surface area contributed by atoms with Crippen molar-refractivity contribution in [2.45, 2.75) is 17.5 Å². The summed E-state index contributed by atoms with van der Waals surface area (Å²) < 4.78 is 59.1. The van der Waals surface area contributed by atoms with Crippen LogP contribution in [0.5, 0.6) is 11.5 Å². The summed E-state index contributed by atoms with van der Waals surface area (Å²) >= 11 is 0. The minimum atomic E-state index is -4.15. The van der Waals surface area contributed by atoms with Crippen molar-refractivity contribution in [3.63, 3.8) is 0 Å². The molecule has 1 amide bonds. The van der Waals surface area contributed by atoms with Crippen LogP contribution in [0.4, 0.5) is 0 Å². The Bertz CT molecular complexity index is 1420. The zero-order chi connectivity index (χ0) is 26.5. The number of carbonyl (C=O) groups is 1. The van der Waals surface area contributed by atoms with Crippen LogP contribution >= 0.6 is 0 Å². The number of nitrogens with one attached hydrogen (secondary N) is 1. The third kappa shape index (κ3) is 6.73. The SMILES string of the molecule is CS(=O)(=O)N1CCN(S(=O)(=O)c2ccc(Oc3ccccc3)cc2)[C@@H](C(=O)NOCc2ccccc2)C1. The Balaban J connectivity index is 1.51. The van der Waals surface area contributed by atoms with E-state index in [9.17, 15) is 21.6 Å². The van der Waals surface area contributed by atoms with Crippen molar-refractivity contribution in [1.29, 1.82) is 0 Å².